The van der Waals surface area contributed by atoms with Gasteiger partial charge in [-0.15, -0.1) is 0 Å². The lowest BCUT2D eigenvalue weighted by molar-refractivity contribution is -0.139. The second kappa shape index (κ2) is 7.76. The van der Waals surface area contributed by atoms with Crippen LogP contribution in [0.4, 0.5) is 0 Å². The molecule has 0 radical (unpaired) electrons. The Morgan fingerprint density at radius 1 is 1.29 bits per heavy atom. The van der Waals surface area contributed by atoms with Crippen LogP contribution in [0.15, 0.2) is 29.2 Å². The van der Waals surface area contributed by atoms with Gasteiger partial charge in [-0.1, -0.05) is 19.1 Å². The zero-order valence-electron chi connectivity index (χ0n) is 13.6. The van der Waals surface area contributed by atoms with Crippen LogP contribution >= 0.6 is 0 Å². The summed E-state index contributed by atoms with van der Waals surface area (Å²) in [5, 5.41) is 8.91. The fraction of sp³-hybridized carbons (Fsp3) is 0.500. The normalized spacial score (nSPS) is 17.9. The van der Waals surface area contributed by atoms with Crippen LogP contribution in [0.2, 0.25) is 0 Å². The van der Waals surface area contributed by atoms with Crippen molar-refractivity contribution in [3.8, 4) is 0 Å². The number of likely N-dealkylation sites (tertiary alicyclic amines) is 1. The Labute approximate surface area is 141 Å². The zero-order chi connectivity index (χ0) is 17.7. The number of hydrogen-bond donors (Lipinski definition) is 2. The molecule has 1 saturated heterocycles. The summed E-state index contributed by atoms with van der Waals surface area (Å²) in [6.45, 7) is 2.58. The first-order valence-electron chi connectivity index (χ1n) is 7.93. The van der Waals surface area contributed by atoms with E-state index in [1.165, 1.54) is 12.1 Å². The fourth-order valence-electron chi connectivity index (χ4n) is 2.91. The van der Waals surface area contributed by atoms with E-state index >= 15 is 0 Å². The van der Waals surface area contributed by atoms with Crippen LogP contribution < -0.4 is 4.72 Å². The predicted molar refractivity (Wildman–Crippen MR) is 88.0 cm³/mol. The molecule has 2 N–H and O–H groups in total. The number of benzene rings is 1. The van der Waals surface area contributed by atoms with Crippen molar-refractivity contribution >= 4 is 21.9 Å². The number of carboxylic acid groups (broad SMARTS) is 1. The Balaban J connectivity index is 2.03. The third-order valence-corrected chi connectivity index (χ3v) is 5.59. The molecule has 1 aliphatic heterocycles. The molecule has 7 nitrogen and oxygen atoms in total. The molecule has 0 bridgehead atoms. The summed E-state index contributed by atoms with van der Waals surface area (Å²) in [6, 6.07) is 5.93. The second-order valence-electron chi connectivity index (χ2n) is 5.80. The van der Waals surface area contributed by atoms with Crippen LogP contribution in [0.1, 0.15) is 31.7 Å². The van der Waals surface area contributed by atoms with Gasteiger partial charge in [-0.2, -0.15) is 0 Å². The summed E-state index contributed by atoms with van der Waals surface area (Å²) in [5.74, 6) is -1.03. The van der Waals surface area contributed by atoms with Crippen molar-refractivity contribution in [2.75, 3.05) is 13.1 Å². The van der Waals surface area contributed by atoms with Crippen LogP contribution in [-0.2, 0) is 26.0 Å². The molecular formula is C16H22N2O5S. The molecule has 2 rings (SSSR count). The fourth-order valence-corrected chi connectivity index (χ4v) is 3.95. The number of carbonyl (C=O) groups excluding carboxylic acids is 1. The van der Waals surface area contributed by atoms with Gasteiger partial charge >= 0.3 is 5.97 Å². The van der Waals surface area contributed by atoms with E-state index in [0.717, 1.165) is 6.42 Å². The maximum absolute atomic E-state index is 12.4. The van der Waals surface area contributed by atoms with Gasteiger partial charge in [0.15, 0.2) is 0 Å². The van der Waals surface area contributed by atoms with Crippen molar-refractivity contribution in [1.29, 1.82) is 0 Å². The smallest absolute Gasteiger partial charge is 0.305 e. The SMILES string of the molecule is CCNS(=O)(=O)c1ccc(CC(=O)N2CCCC2CC(=O)O)cc1. The van der Waals surface area contributed by atoms with E-state index in [9.17, 15) is 18.0 Å². The van der Waals surface area contributed by atoms with Gasteiger partial charge in [-0.3, -0.25) is 9.59 Å². The molecule has 1 aromatic rings. The van der Waals surface area contributed by atoms with E-state index < -0.39 is 16.0 Å². The Kier molecular flexibility index (Phi) is 5.95. The highest BCUT2D eigenvalue weighted by Crippen LogP contribution is 2.21. The van der Waals surface area contributed by atoms with Crippen molar-refractivity contribution < 1.29 is 23.1 Å². The number of amides is 1. The molecule has 1 amide bonds. The Bertz CT molecular complexity index is 700. The van der Waals surface area contributed by atoms with Crippen LogP contribution in [0.5, 0.6) is 0 Å². The Hall–Kier alpha value is -1.93. The predicted octanol–water partition coefficient (Wildman–Crippen LogP) is 0.993. The first kappa shape index (κ1) is 18.4. The van der Waals surface area contributed by atoms with Gasteiger partial charge in [0.05, 0.1) is 17.7 Å². The molecule has 1 atom stereocenters. The molecular weight excluding hydrogens is 332 g/mol. The van der Waals surface area contributed by atoms with Crippen molar-refractivity contribution in [1.82, 2.24) is 9.62 Å². The summed E-state index contributed by atoms with van der Waals surface area (Å²) in [5.41, 5.74) is 0.705. The molecule has 8 heteroatoms. The average molecular weight is 354 g/mol. The number of carbonyl (C=O) groups is 2. The monoisotopic (exact) mass is 354 g/mol. The van der Waals surface area contributed by atoms with Gasteiger partial charge in [0.1, 0.15) is 0 Å². The van der Waals surface area contributed by atoms with Gasteiger partial charge in [-0.05, 0) is 30.5 Å². The van der Waals surface area contributed by atoms with Crippen molar-refractivity contribution in [3.05, 3.63) is 29.8 Å². The minimum atomic E-state index is -3.50. The van der Waals surface area contributed by atoms with Gasteiger partial charge in [-0.25, -0.2) is 13.1 Å². The molecule has 0 aromatic heterocycles. The maximum atomic E-state index is 12.4. The number of nitrogens with one attached hydrogen (secondary N) is 1. The number of aliphatic carboxylic acids is 1. The van der Waals surface area contributed by atoms with Crippen LogP contribution in [0.25, 0.3) is 0 Å². The topological polar surface area (TPSA) is 104 Å². The van der Waals surface area contributed by atoms with E-state index in [1.54, 1.807) is 24.0 Å². The highest BCUT2D eigenvalue weighted by molar-refractivity contribution is 7.89. The summed E-state index contributed by atoms with van der Waals surface area (Å²) in [4.78, 5) is 25.0. The molecule has 1 aliphatic rings. The average Bonchev–Trinajstić information content (AvgIpc) is 2.95. The summed E-state index contributed by atoms with van der Waals surface area (Å²) in [6.07, 6.45) is 1.62. The molecule has 1 fully saturated rings. The highest BCUT2D eigenvalue weighted by atomic mass is 32.2. The van der Waals surface area contributed by atoms with Gasteiger partial charge in [0.25, 0.3) is 0 Å². The van der Waals surface area contributed by atoms with Gasteiger partial charge in [0.2, 0.25) is 15.9 Å². The van der Waals surface area contributed by atoms with Crippen LogP contribution in [0.3, 0.4) is 0 Å². The van der Waals surface area contributed by atoms with Gasteiger partial charge < -0.3 is 10.0 Å². The molecule has 1 heterocycles. The molecule has 0 aliphatic carbocycles. The van der Waals surface area contributed by atoms with E-state index in [0.29, 0.717) is 25.1 Å². The largest absolute Gasteiger partial charge is 0.481 e. The molecule has 1 unspecified atom stereocenters. The summed E-state index contributed by atoms with van der Waals surface area (Å²) in [7, 11) is -3.50. The first-order valence-corrected chi connectivity index (χ1v) is 9.41. The van der Waals surface area contributed by atoms with E-state index in [-0.39, 0.29) is 29.7 Å². The number of carboxylic acids is 1. The number of nitrogens with zero attached hydrogens (tertiary/aromatic N) is 1. The molecule has 1 aromatic carbocycles. The summed E-state index contributed by atoms with van der Waals surface area (Å²) >= 11 is 0. The van der Waals surface area contributed by atoms with Crippen molar-refractivity contribution in [3.63, 3.8) is 0 Å². The third kappa shape index (κ3) is 4.55. The second-order valence-corrected chi connectivity index (χ2v) is 7.57. The van der Waals surface area contributed by atoms with Crippen LogP contribution in [0, 0.1) is 0 Å². The van der Waals surface area contributed by atoms with E-state index in [2.05, 4.69) is 4.72 Å². The Morgan fingerprint density at radius 2 is 1.96 bits per heavy atom. The molecule has 132 valence electrons. The quantitative estimate of drug-likeness (QED) is 0.760. The van der Waals surface area contributed by atoms with Crippen molar-refractivity contribution in [2.24, 2.45) is 0 Å². The minimum absolute atomic E-state index is 0.0361. The third-order valence-electron chi connectivity index (χ3n) is 4.03. The van der Waals surface area contributed by atoms with E-state index in [1.807, 2.05) is 0 Å². The number of hydrogen-bond acceptors (Lipinski definition) is 4. The number of sulfonamides is 1. The first-order chi connectivity index (χ1) is 11.3. The van der Waals surface area contributed by atoms with Crippen molar-refractivity contribution in [2.45, 2.75) is 43.5 Å². The zero-order valence-corrected chi connectivity index (χ0v) is 14.4. The summed E-state index contributed by atoms with van der Waals surface area (Å²) < 4.78 is 26.2. The minimum Gasteiger partial charge on any atom is -0.481 e. The Morgan fingerprint density at radius 3 is 2.54 bits per heavy atom. The molecule has 24 heavy (non-hydrogen) atoms. The standard InChI is InChI=1S/C16H22N2O5S/c1-2-17-24(22,23)14-7-5-12(6-8-14)10-15(19)18-9-3-4-13(18)11-16(20)21/h5-8,13,17H,2-4,9-11H2,1H3,(H,20,21). The molecule has 0 spiro atoms. The molecule has 0 saturated carbocycles. The number of rotatable bonds is 7. The van der Waals surface area contributed by atoms with E-state index in [4.69, 9.17) is 5.11 Å². The van der Waals surface area contributed by atoms with Crippen LogP contribution in [-0.4, -0.2) is 49.4 Å². The lowest BCUT2D eigenvalue weighted by Crippen LogP contribution is -2.37. The lowest BCUT2D eigenvalue weighted by atomic mass is 10.1. The lowest BCUT2D eigenvalue weighted by Gasteiger charge is -2.23. The van der Waals surface area contributed by atoms with Gasteiger partial charge in [0, 0.05) is 19.1 Å². The highest BCUT2D eigenvalue weighted by Gasteiger charge is 2.30. The maximum Gasteiger partial charge on any atom is 0.305 e.